The van der Waals surface area contributed by atoms with E-state index in [2.05, 4.69) is 22.0 Å². The van der Waals surface area contributed by atoms with Gasteiger partial charge in [-0.1, -0.05) is 29.8 Å². The summed E-state index contributed by atoms with van der Waals surface area (Å²) in [5, 5.41) is 12.0. The number of hydrogen-bond acceptors (Lipinski definition) is 3. The van der Waals surface area contributed by atoms with Gasteiger partial charge in [-0.25, -0.2) is 4.98 Å². The Labute approximate surface area is 123 Å². The van der Waals surface area contributed by atoms with Crippen molar-refractivity contribution in [2.45, 2.75) is 25.0 Å². The van der Waals surface area contributed by atoms with Crippen LogP contribution >= 0.6 is 11.6 Å². The Kier molecular flexibility index (Phi) is 2.78. The molecule has 2 aliphatic rings. The molecule has 4 heteroatoms. The minimum atomic E-state index is -0.434. The van der Waals surface area contributed by atoms with Crippen LogP contribution in [-0.4, -0.2) is 33.7 Å². The highest BCUT2D eigenvalue weighted by atomic mass is 35.5. The molecule has 0 amide bonds. The van der Waals surface area contributed by atoms with Crippen molar-refractivity contribution in [3.05, 3.63) is 41.0 Å². The maximum absolute atomic E-state index is 10.3. The molecule has 0 unspecified atom stereocenters. The van der Waals surface area contributed by atoms with Gasteiger partial charge in [0.1, 0.15) is 5.15 Å². The van der Waals surface area contributed by atoms with E-state index in [-0.39, 0.29) is 0 Å². The van der Waals surface area contributed by atoms with Crippen LogP contribution in [0.25, 0.3) is 10.9 Å². The van der Waals surface area contributed by atoms with Gasteiger partial charge in [0.25, 0.3) is 0 Å². The topological polar surface area (TPSA) is 36.4 Å². The van der Waals surface area contributed by atoms with Gasteiger partial charge in [0, 0.05) is 30.6 Å². The SMILES string of the molecule is OC1(C2CC2)CN(Cc2cc3ccccc3nc2Cl)C1. The molecule has 1 aliphatic carbocycles. The summed E-state index contributed by atoms with van der Waals surface area (Å²) in [6.07, 6.45) is 2.37. The molecule has 1 aromatic carbocycles. The molecule has 3 nitrogen and oxygen atoms in total. The van der Waals surface area contributed by atoms with Gasteiger partial charge in [0.15, 0.2) is 0 Å². The lowest BCUT2D eigenvalue weighted by Gasteiger charge is -2.47. The van der Waals surface area contributed by atoms with Crippen LogP contribution in [0.4, 0.5) is 0 Å². The molecule has 1 aromatic heterocycles. The first-order chi connectivity index (χ1) is 9.64. The lowest BCUT2D eigenvalue weighted by Crippen LogP contribution is -2.62. The Bertz CT molecular complexity index is 663. The molecule has 2 fully saturated rings. The number of aliphatic hydroxyl groups is 1. The lowest BCUT2D eigenvalue weighted by atomic mass is 9.88. The highest BCUT2D eigenvalue weighted by molar-refractivity contribution is 6.30. The smallest absolute Gasteiger partial charge is 0.134 e. The van der Waals surface area contributed by atoms with Gasteiger partial charge in [-0.2, -0.15) is 0 Å². The maximum Gasteiger partial charge on any atom is 0.134 e. The second kappa shape index (κ2) is 4.42. The van der Waals surface area contributed by atoms with Crippen molar-refractivity contribution in [1.29, 1.82) is 0 Å². The van der Waals surface area contributed by atoms with Crippen molar-refractivity contribution in [1.82, 2.24) is 9.88 Å². The number of nitrogens with zero attached hydrogens (tertiary/aromatic N) is 2. The molecule has 0 spiro atoms. The summed E-state index contributed by atoms with van der Waals surface area (Å²) in [6, 6.07) is 10.1. The monoisotopic (exact) mass is 288 g/mol. The summed E-state index contributed by atoms with van der Waals surface area (Å²) >= 11 is 6.27. The summed E-state index contributed by atoms with van der Waals surface area (Å²) in [7, 11) is 0. The van der Waals surface area contributed by atoms with Gasteiger partial charge < -0.3 is 5.11 Å². The summed E-state index contributed by atoms with van der Waals surface area (Å²) < 4.78 is 0. The van der Waals surface area contributed by atoms with Crippen LogP contribution in [0.15, 0.2) is 30.3 Å². The van der Waals surface area contributed by atoms with Crippen molar-refractivity contribution in [2.24, 2.45) is 5.92 Å². The van der Waals surface area contributed by atoms with Crippen LogP contribution in [0, 0.1) is 5.92 Å². The molecular weight excluding hydrogens is 272 g/mol. The average molecular weight is 289 g/mol. The van der Waals surface area contributed by atoms with Crippen LogP contribution in [0.2, 0.25) is 5.15 Å². The van der Waals surface area contributed by atoms with Gasteiger partial charge in [0.05, 0.1) is 11.1 Å². The molecule has 104 valence electrons. The summed E-state index contributed by atoms with van der Waals surface area (Å²) in [6.45, 7) is 2.30. The average Bonchev–Trinajstić information content (AvgIpc) is 3.22. The van der Waals surface area contributed by atoms with Gasteiger partial charge in [0.2, 0.25) is 0 Å². The Morgan fingerprint density at radius 2 is 2.05 bits per heavy atom. The van der Waals surface area contributed by atoms with Crippen molar-refractivity contribution >= 4 is 22.5 Å². The highest BCUT2D eigenvalue weighted by Gasteiger charge is 2.51. The fraction of sp³-hybridized carbons (Fsp3) is 0.438. The van der Waals surface area contributed by atoms with E-state index in [4.69, 9.17) is 11.6 Å². The molecule has 2 heterocycles. The number of fused-ring (bicyclic) bond motifs is 1. The molecule has 0 atom stereocenters. The van der Waals surface area contributed by atoms with Crippen molar-refractivity contribution in [3.63, 3.8) is 0 Å². The molecule has 1 N–H and O–H groups in total. The Hall–Kier alpha value is -1.16. The first-order valence-electron chi connectivity index (χ1n) is 7.13. The fourth-order valence-corrected chi connectivity index (χ4v) is 3.41. The fourth-order valence-electron chi connectivity index (χ4n) is 3.21. The molecule has 0 bridgehead atoms. The zero-order chi connectivity index (χ0) is 13.7. The number of rotatable bonds is 3. The number of hydrogen-bond donors (Lipinski definition) is 1. The molecule has 1 saturated heterocycles. The van der Waals surface area contributed by atoms with E-state index in [9.17, 15) is 5.11 Å². The number of para-hydroxylation sites is 1. The molecule has 2 aromatic rings. The van der Waals surface area contributed by atoms with E-state index in [1.807, 2.05) is 18.2 Å². The second-order valence-electron chi connectivity index (χ2n) is 6.15. The van der Waals surface area contributed by atoms with E-state index in [1.54, 1.807) is 0 Å². The zero-order valence-electron chi connectivity index (χ0n) is 11.2. The number of β-amino-alcohol motifs (C(OH)–C–C–N with tert-alkyl or cyclic N) is 1. The Morgan fingerprint density at radius 1 is 1.30 bits per heavy atom. The number of likely N-dealkylation sites (tertiary alicyclic amines) is 1. The third-order valence-electron chi connectivity index (χ3n) is 4.48. The molecule has 4 rings (SSSR count). The molecule has 0 radical (unpaired) electrons. The minimum Gasteiger partial charge on any atom is -0.387 e. The minimum absolute atomic E-state index is 0.434. The third-order valence-corrected chi connectivity index (χ3v) is 4.80. The van der Waals surface area contributed by atoms with Crippen LogP contribution in [-0.2, 0) is 6.54 Å². The van der Waals surface area contributed by atoms with E-state index in [0.29, 0.717) is 11.1 Å². The number of aromatic nitrogens is 1. The standard InChI is InChI=1S/C16H17ClN2O/c17-15-12(7-11-3-1-2-4-14(11)18-15)8-19-9-16(20,10-19)13-5-6-13/h1-4,7,13,20H,5-6,8-10H2. The van der Waals surface area contributed by atoms with Gasteiger partial charge >= 0.3 is 0 Å². The lowest BCUT2D eigenvalue weighted by molar-refractivity contribution is -0.116. The molecule has 1 saturated carbocycles. The van der Waals surface area contributed by atoms with Gasteiger partial charge in [-0.3, -0.25) is 4.90 Å². The van der Waals surface area contributed by atoms with Crippen molar-refractivity contribution < 1.29 is 5.11 Å². The first-order valence-corrected chi connectivity index (χ1v) is 7.51. The van der Waals surface area contributed by atoms with Gasteiger partial charge in [-0.15, -0.1) is 0 Å². The second-order valence-corrected chi connectivity index (χ2v) is 6.51. The highest BCUT2D eigenvalue weighted by Crippen LogP contribution is 2.45. The summed E-state index contributed by atoms with van der Waals surface area (Å²) in [5.41, 5.74) is 1.54. The first kappa shape index (κ1) is 12.6. The normalized spacial score (nSPS) is 21.9. The van der Waals surface area contributed by atoms with Crippen LogP contribution in [0.3, 0.4) is 0 Å². The van der Waals surface area contributed by atoms with Crippen molar-refractivity contribution in [2.75, 3.05) is 13.1 Å². The molecule has 1 aliphatic heterocycles. The van der Waals surface area contributed by atoms with E-state index in [1.165, 1.54) is 12.8 Å². The van der Waals surface area contributed by atoms with Crippen LogP contribution in [0.5, 0.6) is 0 Å². The molecule has 20 heavy (non-hydrogen) atoms. The maximum atomic E-state index is 10.3. The van der Waals surface area contributed by atoms with Crippen LogP contribution < -0.4 is 0 Å². The van der Waals surface area contributed by atoms with Gasteiger partial charge in [-0.05, 0) is 30.9 Å². The van der Waals surface area contributed by atoms with E-state index in [0.717, 1.165) is 36.1 Å². The quantitative estimate of drug-likeness (QED) is 0.883. The number of benzene rings is 1. The van der Waals surface area contributed by atoms with Crippen molar-refractivity contribution in [3.8, 4) is 0 Å². The summed E-state index contributed by atoms with van der Waals surface area (Å²) in [4.78, 5) is 6.69. The molecular formula is C16H17ClN2O. The summed E-state index contributed by atoms with van der Waals surface area (Å²) in [5.74, 6) is 0.531. The largest absolute Gasteiger partial charge is 0.387 e. The Balaban J connectivity index is 1.53. The number of pyridine rings is 1. The van der Waals surface area contributed by atoms with E-state index >= 15 is 0 Å². The Morgan fingerprint density at radius 3 is 2.80 bits per heavy atom. The van der Waals surface area contributed by atoms with E-state index < -0.39 is 5.60 Å². The van der Waals surface area contributed by atoms with Crippen LogP contribution in [0.1, 0.15) is 18.4 Å². The predicted molar refractivity (Wildman–Crippen MR) is 79.7 cm³/mol. The third kappa shape index (κ3) is 2.10. The predicted octanol–water partition coefficient (Wildman–Crippen LogP) is 2.84. The zero-order valence-corrected chi connectivity index (χ0v) is 12.0. The number of halogens is 1.